The number of H-pyrrole nitrogens is 1. The van der Waals surface area contributed by atoms with Crippen LogP contribution in [0, 0.1) is 5.92 Å². The minimum Gasteiger partial charge on any atom is -0.356 e. The summed E-state index contributed by atoms with van der Waals surface area (Å²) in [4.78, 5) is 19.8. The minimum atomic E-state index is 0.0954. The van der Waals surface area contributed by atoms with Gasteiger partial charge >= 0.3 is 0 Å². The van der Waals surface area contributed by atoms with Crippen molar-refractivity contribution in [1.82, 2.24) is 15.3 Å². The van der Waals surface area contributed by atoms with Crippen molar-refractivity contribution in [2.24, 2.45) is 5.92 Å². The molecule has 3 aromatic rings. The van der Waals surface area contributed by atoms with Gasteiger partial charge in [0.25, 0.3) is 0 Å². The second-order valence-electron chi connectivity index (χ2n) is 7.41. The van der Waals surface area contributed by atoms with Gasteiger partial charge in [-0.15, -0.1) is 0 Å². The first-order valence-corrected chi connectivity index (χ1v) is 9.02. The Morgan fingerprint density at radius 2 is 2.20 bits per heavy atom. The number of aromatic amines is 1. The van der Waals surface area contributed by atoms with Crippen molar-refractivity contribution in [2.75, 3.05) is 6.54 Å². The quantitative estimate of drug-likeness (QED) is 0.772. The van der Waals surface area contributed by atoms with E-state index in [1.165, 1.54) is 30.4 Å². The largest absolute Gasteiger partial charge is 0.356 e. The number of fused-ring (bicyclic) bond motifs is 3. The van der Waals surface area contributed by atoms with Gasteiger partial charge in [0.05, 0.1) is 6.42 Å². The summed E-state index contributed by atoms with van der Waals surface area (Å²) in [6.07, 6.45) is 7.69. The van der Waals surface area contributed by atoms with Gasteiger partial charge < -0.3 is 10.3 Å². The first kappa shape index (κ1) is 14.7. The van der Waals surface area contributed by atoms with E-state index in [0.717, 1.165) is 23.1 Å². The predicted molar refractivity (Wildman–Crippen MR) is 97.4 cm³/mol. The fraction of sp³-hybridized carbons (Fsp3) is 0.333. The Hall–Kier alpha value is -2.62. The molecule has 0 radical (unpaired) electrons. The standard InChI is InChI=1S/C21H21N3O/c25-19(10-15-12-24-20-17(15)5-3-9-22-20)23-13-16-11-21(16)8-7-14-4-1-2-6-18(14)21/h1-6,9,12,16H,7-8,10-11,13H2,(H,22,24)(H,23,25)/t16-,21+/m0/s1. The van der Waals surface area contributed by atoms with Gasteiger partial charge in [-0.25, -0.2) is 4.98 Å². The van der Waals surface area contributed by atoms with Crippen LogP contribution in [0.2, 0.25) is 0 Å². The van der Waals surface area contributed by atoms with Gasteiger partial charge in [-0.2, -0.15) is 0 Å². The summed E-state index contributed by atoms with van der Waals surface area (Å²) < 4.78 is 0. The second-order valence-corrected chi connectivity index (χ2v) is 7.41. The van der Waals surface area contributed by atoms with Crippen LogP contribution in [-0.4, -0.2) is 22.4 Å². The van der Waals surface area contributed by atoms with Crippen LogP contribution in [-0.2, 0) is 23.1 Å². The van der Waals surface area contributed by atoms with Crippen LogP contribution in [0.15, 0.2) is 48.8 Å². The van der Waals surface area contributed by atoms with Crippen LogP contribution >= 0.6 is 0 Å². The Kier molecular flexibility index (Phi) is 3.20. The van der Waals surface area contributed by atoms with Gasteiger partial charge in [0.15, 0.2) is 0 Å². The van der Waals surface area contributed by atoms with Crippen molar-refractivity contribution >= 4 is 16.9 Å². The average Bonchev–Trinajstić information content (AvgIpc) is 3.00. The van der Waals surface area contributed by atoms with Crippen LogP contribution in [0.3, 0.4) is 0 Å². The number of pyridine rings is 1. The summed E-state index contributed by atoms with van der Waals surface area (Å²) in [7, 11) is 0. The number of carbonyl (C=O) groups excluding carboxylic acids is 1. The highest BCUT2D eigenvalue weighted by molar-refractivity contribution is 5.87. The molecule has 1 saturated carbocycles. The summed E-state index contributed by atoms with van der Waals surface area (Å²) in [6, 6.07) is 12.7. The number of nitrogens with zero attached hydrogens (tertiary/aromatic N) is 1. The van der Waals surface area contributed by atoms with E-state index in [-0.39, 0.29) is 5.91 Å². The minimum absolute atomic E-state index is 0.0954. The highest BCUT2D eigenvalue weighted by Crippen LogP contribution is 2.61. The Bertz CT molecular complexity index is 960. The Balaban J connectivity index is 1.22. The van der Waals surface area contributed by atoms with E-state index in [1.54, 1.807) is 6.20 Å². The Morgan fingerprint density at radius 1 is 1.28 bits per heavy atom. The maximum Gasteiger partial charge on any atom is 0.224 e. The highest BCUT2D eigenvalue weighted by atomic mass is 16.1. The number of hydrogen-bond donors (Lipinski definition) is 2. The molecule has 2 aliphatic rings. The van der Waals surface area contributed by atoms with Crippen molar-refractivity contribution in [1.29, 1.82) is 0 Å². The molecule has 1 spiro atoms. The second kappa shape index (κ2) is 5.45. The molecule has 0 saturated heterocycles. The molecule has 2 aliphatic carbocycles. The topological polar surface area (TPSA) is 57.8 Å². The summed E-state index contributed by atoms with van der Waals surface area (Å²) in [5.41, 5.74) is 5.22. The third kappa shape index (κ3) is 2.36. The molecule has 0 bridgehead atoms. The van der Waals surface area contributed by atoms with Crippen molar-refractivity contribution in [3.63, 3.8) is 0 Å². The van der Waals surface area contributed by atoms with E-state index in [0.29, 0.717) is 17.8 Å². The number of hydrogen-bond acceptors (Lipinski definition) is 2. The fourth-order valence-corrected chi connectivity index (χ4v) is 4.63. The number of amides is 1. The fourth-order valence-electron chi connectivity index (χ4n) is 4.63. The number of benzene rings is 1. The van der Waals surface area contributed by atoms with Gasteiger partial charge in [-0.05, 0) is 54.0 Å². The molecule has 25 heavy (non-hydrogen) atoms. The lowest BCUT2D eigenvalue weighted by molar-refractivity contribution is -0.120. The monoisotopic (exact) mass is 331 g/mol. The normalized spacial score (nSPS) is 23.8. The highest BCUT2D eigenvalue weighted by Gasteiger charge is 2.57. The summed E-state index contributed by atoms with van der Waals surface area (Å²) >= 11 is 0. The van der Waals surface area contributed by atoms with E-state index >= 15 is 0 Å². The van der Waals surface area contributed by atoms with Gasteiger partial charge in [0.1, 0.15) is 5.65 Å². The first-order valence-electron chi connectivity index (χ1n) is 9.02. The predicted octanol–water partition coefficient (Wildman–Crippen LogP) is 3.13. The zero-order chi connectivity index (χ0) is 16.9. The number of carbonyl (C=O) groups is 1. The molecule has 2 heterocycles. The molecule has 0 aliphatic heterocycles. The van der Waals surface area contributed by atoms with Crippen LogP contribution in [0.5, 0.6) is 0 Å². The molecule has 2 atom stereocenters. The van der Waals surface area contributed by atoms with Crippen LogP contribution in [0.25, 0.3) is 11.0 Å². The SMILES string of the molecule is O=C(Cc1c[nH]c2ncccc12)NC[C@@H]1C[C@]12CCc1ccccc12. The van der Waals surface area contributed by atoms with E-state index in [1.807, 2.05) is 18.3 Å². The molecule has 2 N–H and O–H groups in total. The molecule has 0 unspecified atom stereocenters. The molecule has 1 fully saturated rings. The van der Waals surface area contributed by atoms with E-state index in [2.05, 4.69) is 39.6 Å². The Morgan fingerprint density at radius 3 is 3.16 bits per heavy atom. The summed E-state index contributed by atoms with van der Waals surface area (Å²) in [5.74, 6) is 0.683. The maximum absolute atomic E-state index is 12.4. The van der Waals surface area contributed by atoms with Gasteiger partial charge in [-0.1, -0.05) is 24.3 Å². The van der Waals surface area contributed by atoms with Gasteiger partial charge in [0.2, 0.25) is 5.91 Å². The molecule has 1 aromatic carbocycles. The van der Waals surface area contributed by atoms with Crippen molar-refractivity contribution < 1.29 is 4.79 Å². The lowest BCUT2D eigenvalue weighted by atomic mass is 9.95. The zero-order valence-corrected chi connectivity index (χ0v) is 14.1. The number of aromatic nitrogens is 2. The molecule has 5 rings (SSSR count). The zero-order valence-electron chi connectivity index (χ0n) is 14.1. The third-order valence-electron chi connectivity index (χ3n) is 6.06. The number of rotatable bonds is 4. The Labute approximate surface area is 146 Å². The number of nitrogens with one attached hydrogen (secondary N) is 2. The first-order chi connectivity index (χ1) is 12.3. The molecule has 126 valence electrons. The molecular weight excluding hydrogens is 310 g/mol. The van der Waals surface area contributed by atoms with Crippen molar-refractivity contribution in [2.45, 2.75) is 31.1 Å². The van der Waals surface area contributed by atoms with Crippen molar-refractivity contribution in [3.8, 4) is 0 Å². The van der Waals surface area contributed by atoms with Gasteiger partial charge in [-0.3, -0.25) is 4.79 Å². The maximum atomic E-state index is 12.4. The molecule has 2 aromatic heterocycles. The smallest absolute Gasteiger partial charge is 0.224 e. The number of aryl methyl sites for hydroxylation is 1. The summed E-state index contributed by atoms with van der Waals surface area (Å²) in [5, 5.41) is 4.19. The van der Waals surface area contributed by atoms with E-state index in [4.69, 9.17) is 0 Å². The molecule has 4 nitrogen and oxygen atoms in total. The molecule has 1 amide bonds. The lowest BCUT2D eigenvalue weighted by Crippen LogP contribution is -2.28. The lowest BCUT2D eigenvalue weighted by Gasteiger charge is -2.12. The molecular formula is C21H21N3O. The van der Waals surface area contributed by atoms with Crippen LogP contribution in [0.4, 0.5) is 0 Å². The van der Waals surface area contributed by atoms with E-state index < -0.39 is 0 Å². The van der Waals surface area contributed by atoms with Crippen molar-refractivity contribution in [3.05, 3.63) is 65.5 Å². The van der Waals surface area contributed by atoms with Gasteiger partial charge in [0, 0.05) is 29.7 Å². The molecule has 4 heteroatoms. The summed E-state index contributed by atoms with van der Waals surface area (Å²) in [6.45, 7) is 0.785. The van der Waals surface area contributed by atoms with Crippen LogP contribution in [0.1, 0.15) is 29.5 Å². The third-order valence-corrected chi connectivity index (χ3v) is 6.06. The van der Waals surface area contributed by atoms with E-state index in [9.17, 15) is 4.79 Å². The average molecular weight is 331 g/mol. The van der Waals surface area contributed by atoms with Crippen LogP contribution < -0.4 is 5.32 Å².